The molecule has 9 heteroatoms. The van der Waals surface area contributed by atoms with Gasteiger partial charge in [-0.05, 0) is 50.5 Å². The van der Waals surface area contributed by atoms with Crippen LogP contribution in [0.5, 0.6) is 5.88 Å². The van der Waals surface area contributed by atoms with Crippen LogP contribution in [0, 0.1) is 25.5 Å². The Balaban J connectivity index is 1.64. The van der Waals surface area contributed by atoms with Crippen molar-refractivity contribution in [2.24, 2.45) is 0 Å². The van der Waals surface area contributed by atoms with Gasteiger partial charge in [0, 0.05) is 53.9 Å². The van der Waals surface area contributed by atoms with Gasteiger partial charge in [0.25, 0.3) is 5.56 Å². The lowest BCUT2D eigenvalue weighted by Crippen LogP contribution is -2.24. The van der Waals surface area contributed by atoms with E-state index in [2.05, 4.69) is 9.97 Å². The molecule has 1 fully saturated rings. The van der Waals surface area contributed by atoms with E-state index in [0.29, 0.717) is 47.9 Å². The molecule has 180 valence electrons. The number of benzene rings is 1. The molecule has 1 aliphatic rings. The SMILES string of the molecule is COc1cc([C@@H]2C[C@H](c3cc4nc(C)c(C)c(=O)n4c(-c4ccc(F)cc4F)n3)CCO2)ccn1. The lowest BCUT2D eigenvalue weighted by Gasteiger charge is -2.30. The first-order chi connectivity index (χ1) is 16.9. The smallest absolute Gasteiger partial charge is 0.262 e. The Labute approximate surface area is 200 Å². The van der Waals surface area contributed by atoms with Crippen molar-refractivity contribution >= 4 is 5.65 Å². The minimum absolute atomic E-state index is 0.0290. The third kappa shape index (κ3) is 4.27. The topological polar surface area (TPSA) is 78.6 Å². The molecule has 35 heavy (non-hydrogen) atoms. The molecule has 2 atom stereocenters. The van der Waals surface area contributed by atoms with E-state index in [1.54, 1.807) is 33.2 Å². The molecule has 4 aromatic rings. The minimum Gasteiger partial charge on any atom is -0.481 e. The third-order valence-corrected chi connectivity index (χ3v) is 6.52. The summed E-state index contributed by atoms with van der Waals surface area (Å²) < 4.78 is 41.0. The summed E-state index contributed by atoms with van der Waals surface area (Å²) in [4.78, 5) is 26.7. The molecule has 0 N–H and O–H groups in total. The van der Waals surface area contributed by atoms with Gasteiger partial charge in [0.15, 0.2) is 5.82 Å². The fourth-order valence-electron chi connectivity index (χ4n) is 4.47. The molecule has 0 aliphatic carbocycles. The zero-order valence-corrected chi connectivity index (χ0v) is 19.6. The average Bonchev–Trinajstić information content (AvgIpc) is 2.87. The highest BCUT2D eigenvalue weighted by atomic mass is 19.1. The Bertz CT molecular complexity index is 1490. The van der Waals surface area contributed by atoms with Gasteiger partial charge in [-0.15, -0.1) is 0 Å². The maximum atomic E-state index is 14.9. The quantitative estimate of drug-likeness (QED) is 0.424. The van der Waals surface area contributed by atoms with Crippen molar-refractivity contribution in [2.45, 2.75) is 38.7 Å². The van der Waals surface area contributed by atoms with E-state index in [9.17, 15) is 13.6 Å². The molecule has 1 saturated heterocycles. The highest BCUT2D eigenvalue weighted by molar-refractivity contribution is 5.61. The summed E-state index contributed by atoms with van der Waals surface area (Å²) in [5.74, 6) is -0.928. The molecule has 0 saturated carbocycles. The Morgan fingerprint density at radius 3 is 2.71 bits per heavy atom. The largest absolute Gasteiger partial charge is 0.481 e. The van der Waals surface area contributed by atoms with Gasteiger partial charge < -0.3 is 9.47 Å². The number of hydrogen-bond donors (Lipinski definition) is 0. The van der Waals surface area contributed by atoms with Crippen LogP contribution in [0.15, 0.2) is 47.4 Å². The number of pyridine rings is 1. The van der Waals surface area contributed by atoms with Crippen molar-refractivity contribution in [3.05, 3.63) is 87.1 Å². The molecule has 0 amide bonds. The second-order valence-electron chi connectivity index (χ2n) is 8.66. The molecular formula is C26H24F2N4O3. The minimum atomic E-state index is -0.796. The van der Waals surface area contributed by atoms with Crippen LogP contribution < -0.4 is 10.3 Å². The van der Waals surface area contributed by atoms with Crippen molar-refractivity contribution in [1.82, 2.24) is 19.4 Å². The van der Waals surface area contributed by atoms with Crippen molar-refractivity contribution < 1.29 is 18.3 Å². The van der Waals surface area contributed by atoms with Gasteiger partial charge >= 0.3 is 0 Å². The van der Waals surface area contributed by atoms with Crippen molar-refractivity contribution in [3.8, 4) is 17.3 Å². The van der Waals surface area contributed by atoms with Crippen molar-refractivity contribution in [2.75, 3.05) is 13.7 Å². The number of aromatic nitrogens is 4. The summed E-state index contributed by atoms with van der Waals surface area (Å²) in [7, 11) is 1.56. The van der Waals surface area contributed by atoms with E-state index < -0.39 is 11.6 Å². The van der Waals surface area contributed by atoms with Gasteiger partial charge in [-0.3, -0.25) is 4.79 Å². The zero-order chi connectivity index (χ0) is 24.7. The number of halogens is 2. The Morgan fingerprint density at radius 2 is 1.94 bits per heavy atom. The van der Waals surface area contributed by atoms with Crippen molar-refractivity contribution in [1.29, 1.82) is 0 Å². The van der Waals surface area contributed by atoms with Gasteiger partial charge in [0.2, 0.25) is 5.88 Å². The van der Waals surface area contributed by atoms with E-state index in [1.165, 1.54) is 10.5 Å². The van der Waals surface area contributed by atoms with Gasteiger partial charge in [-0.1, -0.05) is 0 Å². The van der Waals surface area contributed by atoms with E-state index in [4.69, 9.17) is 14.5 Å². The first kappa shape index (κ1) is 23.0. The number of aryl methyl sites for hydroxylation is 1. The summed E-state index contributed by atoms with van der Waals surface area (Å²) in [5, 5.41) is 0. The van der Waals surface area contributed by atoms with E-state index in [1.807, 2.05) is 12.1 Å². The van der Waals surface area contributed by atoms with E-state index in [-0.39, 0.29) is 29.0 Å². The first-order valence-electron chi connectivity index (χ1n) is 11.3. The van der Waals surface area contributed by atoms with Gasteiger partial charge in [-0.25, -0.2) is 28.1 Å². The lowest BCUT2D eigenvalue weighted by atomic mass is 9.89. The molecule has 0 unspecified atom stereocenters. The monoisotopic (exact) mass is 478 g/mol. The molecule has 0 radical (unpaired) electrons. The fourth-order valence-corrected chi connectivity index (χ4v) is 4.47. The predicted octanol–water partition coefficient (Wildman–Crippen LogP) is 4.69. The second kappa shape index (κ2) is 9.14. The summed E-state index contributed by atoms with van der Waals surface area (Å²) in [6.07, 6.45) is 2.79. The van der Waals surface area contributed by atoms with E-state index >= 15 is 0 Å². The molecule has 4 heterocycles. The van der Waals surface area contributed by atoms with Crippen LogP contribution in [-0.4, -0.2) is 33.1 Å². The molecular weight excluding hydrogens is 454 g/mol. The maximum absolute atomic E-state index is 14.9. The first-order valence-corrected chi connectivity index (χ1v) is 11.3. The normalized spacial score (nSPS) is 18.1. The Kier molecular flexibility index (Phi) is 6.02. The molecule has 0 bridgehead atoms. The van der Waals surface area contributed by atoms with E-state index in [0.717, 1.165) is 17.7 Å². The standard InChI is InChI=1S/C26H24F2N4O3/c1-14-15(2)30-23-13-21(16-7-9-35-22(10-16)17-6-8-29-24(11-17)34-3)31-25(32(23)26(14)33)19-5-4-18(27)12-20(19)28/h4-6,8,11-13,16,22H,7,9-10H2,1-3H3/t16-,22+/m1/s1. The number of methoxy groups -OCH3 is 1. The number of ether oxygens (including phenoxy) is 2. The van der Waals surface area contributed by atoms with Gasteiger partial charge in [0.1, 0.15) is 17.3 Å². The lowest BCUT2D eigenvalue weighted by molar-refractivity contribution is 0.00448. The highest BCUT2D eigenvalue weighted by Gasteiger charge is 2.28. The number of hydrogen-bond acceptors (Lipinski definition) is 6. The predicted molar refractivity (Wildman–Crippen MR) is 126 cm³/mol. The van der Waals surface area contributed by atoms with Gasteiger partial charge in [-0.2, -0.15) is 0 Å². The number of nitrogens with zero attached hydrogens (tertiary/aromatic N) is 4. The number of rotatable bonds is 4. The third-order valence-electron chi connectivity index (χ3n) is 6.52. The van der Waals surface area contributed by atoms with Gasteiger partial charge in [0.05, 0.1) is 18.8 Å². The number of fused-ring (bicyclic) bond motifs is 1. The fraction of sp³-hybridized carbons (Fsp3) is 0.308. The molecule has 7 nitrogen and oxygen atoms in total. The second-order valence-corrected chi connectivity index (χ2v) is 8.66. The molecule has 5 rings (SSSR count). The van der Waals surface area contributed by atoms with Crippen LogP contribution in [0.25, 0.3) is 17.0 Å². The maximum Gasteiger partial charge on any atom is 0.262 e. The molecule has 1 aromatic carbocycles. The zero-order valence-electron chi connectivity index (χ0n) is 19.6. The van der Waals surface area contributed by atoms with Crippen LogP contribution in [0.2, 0.25) is 0 Å². The van der Waals surface area contributed by atoms with Crippen LogP contribution in [0.1, 0.15) is 47.4 Å². The van der Waals surface area contributed by atoms with Crippen LogP contribution in [-0.2, 0) is 4.74 Å². The summed E-state index contributed by atoms with van der Waals surface area (Å²) in [6, 6.07) is 8.74. The average molecular weight is 478 g/mol. The van der Waals surface area contributed by atoms with Crippen LogP contribution in [0.4, 0.5) is 8.78 Å². The summed E-state index contributed by atoms with van der Waals surface area (Å²) in [5.41, 5.74) is 2.72. The summed E-state index contributed by atoms with van der Waals surface area (Å²) in [6.45, 7) is 3.93. The van der Waals surface area contributed by atoms with Crippen molar-refractivity contribution in [3.63, 3.8) is 0 Å². The van der Waals surface area contributed by atoms with Crippen LogP contribution >= 0.6 is 0 Å². The Hall–Kier alpha value is -3.72. The molecule has 1 aliphatic heterocycles. The summed E-state index contributed by atoms with van der Waals surface area (Å²) >= 11 is 0. The van der Waals surface area contributed by atoms with Crippen LogP contribution in [0.3, 0.4) is 0 Å². The molecule has 3 aromatic heterocycles. The highest BCUT2D eigenvalue weighted by Crippen LogP contribution is 2.38. The molecule has 0 spiro atoms. The Morgan fingerprint density at radius 1 is 1.11 bits per heavy atom.